The molecular formula is C14H24NO4P. The third-order valence-electron chi connectivity index (χ3n) is 2.13. The maximum Gasteiger partial charge on any atom is 0.325 e. The molecule has 0 bridgehead atoms. The Labute approximate surface area is 134 Å². The first-order chi connectivity index (χ1) is 12.9. The van der Waals surface area contributed by atoms with Crippen molar-refractivity contribution in [3.63, 3.8) is 0 Å². The van der Waals surface area contributed by atoms with Gasteiger partial charge in [0.1, 0.15) is 0 Å². The number of rotatable bonds is 8. The minimum atomic E-state index is -4.74. The van der Waals surface area contributed by atoms with E-state index in [1.807, 2.05) is 0 Å². The highest BCUT2D eigenvalue weighted by Crippen LogP contribution is 2.37. The summed E-state index contributed by atoms with van der Waals surface area (Å²) in [5.41, 5.74) is 1.44. The fraction of sp³-hybridized carbons (Fsp3) is 0.571. The number of hydrogen-bond acceptors (Lipinski definition) is 4. The van der Waals surface area contributed by atoms with E-state index in [1.165, 1.54) is 6.92 Å². The summed E-state index contributed by atoms with van der Waals surface area (Å²) in [6.07, 6.45) is -8.84. The Morgan fingerprint density at radius 2 is 1.95 bits per heavy atom. The summed E-state index contributed by atoms with van der Waals surface area (Å²) in [6.45, 7) is -6.06. The minimum absolute atomic E-state index is 0.130. The first-order valence-electron chi connectivity index (χ1n) is 10.6. The van der Waals surface area contributed by atoms with Crippen molar-refractivity contribution >= 4 is 7.60 Å². The Kier molecular flexibility index (Phi) is 2.76. The van der Waals surface area contributed by atoms with Gasteiger partial charge >= 0.3 is 7.60 Å². The van der Waals surface area contributed by atoms with E-state index in [0.29, 0.717) is 6.66 Å². The molecule has 0 heterocycles. The maximum absolute atomic E-state index is 11.6. The molecule has 4 N–H and O–H groups in total. The third-order valence-corrected chi connectivity index (χ3v) is 2.56. The lowest BCUT2D eigenvalue weighted by Crippen LogP contribution is -2.48. The van der Waals surface area contributed by atoms with Crippen LogP contribution in [0.1, 0.15) is 38.1 Å². The lowest BCUT2D eigenvalue weighted by molar-refractivity contribution is 0.119. The summed E-state index contributed by atoms with van der Waals surface area (Å²) in [5.74, 6) is 0. The zero-order chi connectivity index (χ0) is 24.2. The van der Waals surface area contributed by atoms with Crippen LogP contribution in [0.25, 0.3) is 0 Å². The van der Waals surface area contributed by atoms with Gasteiger partial charge in [-0.1, -0.05) is 31.2 Å². The van der Waals surface area contributed by atoms with Crippen molar-refractivity contribution in [1.29, 1.82) is 0 Å². The van der Waals surface area contributed by atoms with E-state index in [9.17, 15) is 14.6 Å². The van der Waals surface area contributed by atoms with Crippen molar-refractivity contribution in [1.82, 2.24) is 0 Å². The second-order valence-electron chi connectivity index (χ2n) is 3.99. The van der Waals surface area contributed by atoms with Gasteiger partial charge in [0.2, 0.25) is 0 Å². The van der Waals surface area contributed by atoms with Gasteiger partial charge < -0.3 is 20.3 Å². The summed E-state index contributed by atoms with van der Waals surface area (Å²) in [7, 11) is -4.74. The summed E-state index contributed by atoms with van der Waals surface area (Å²) >= 11 is 0. The number of aryl methyl sites for hydroxylation is 2. The average Bonchev–Trinajstić information content (AvgIpc) is 2.49. The van der Waals surface area contributed by atoms with Gasteiger partial charge in [0.05, 0.1) is 24.1 Å². The van der Waals surface area contributed by atoms with Crippen LogP contribution in [0.3, 0.4) is 0 Å². The van der Waals surface area contributed by atoms with Crippen molar-refractivity contribution < 1.29 is 32.8 Å². The molecule has 1 rings (SSSR count). The second-order valence-corrected chi connectivity index (χ2v) is 5.78. The van der Waals surface area contributed by atoms with Gasteiger partial charge in [-0.15, -0.1) is 0 Å². The van der Waals surface area contributed by atoms with E-state index < -0.39 is 50.9 Å². The Bertz CT molecular complexity index is 815. The predicted molar refractivity (Wildman–Crippen MR) is 79.8 cm³/mol. The van der Waals surface area contributed by atoms with Gasteiger partial charge in [-0.3, -0.25) is 4.57 Å². The normalized spacial score (nSPS) is 28.4. The van der Waals surface area contributed by atoms with Crippen molar-refractivity contribution in [2.24, 2.45) is 5.73 Å². The monoisotopic (exact) mass is 311 g/mol. The maximum atomic E-state index is 11.6. The molecule has 0 amide bonds. The van der Waals surface area contributed by atoms with Crippen molar-refractivity contribution in [2.45, 2.75) is 31.6 Å². The smallest absolute Gasteiger partial charge is 0.325 e. The predicted octanol–water partition coefficient (Wildman–Crippen LogP) is 1.70. The van der Waals surface area contributed by atoms with Crippen LogP contribution in [0.2, 0.25) is 0 Å². The van der Waals surface area contributed by atoms with Gasteiger partial charge in [-0.05, 0) is 30.2 Å². The van der Waals surface area contributed by atoms with Crippen molar-refractivity contribution in [3.05, 3.63) is 35.4 Å². The number of nitrogens with two attached hydrogens (primary N) is 1. The Hall–Kier alpha value is -0.710. The molecule has 0 aliphatic heterocycles. The van der Waals surface area contributed by atoms with Crippen LogP contribution < -0.4 is 5.73 Å². The lowest BCUT2D eigenvalue weighted by atomic mass is 9.93. The topological polar surface area (TPSA) is 92.8 Å². The molecule has 0 saturated carbocycles. The fourth-order valence-electron chi connectivity index (χ4n) is 1.12. The molecule has 0 aliphatic rings. The molecule has 2 unspecified atom stereocenters. The van der Waals surface area contributed by atoms with Crippen LogP contribution in [-0.2, 0) is 21.8 Å². The standard InChI is InChI=1S/C14H24NO4P/c1-3-12-4-6-13(7-5-12)8-9-14(15,10-16)11-19-20(2,17)18/h4-7,16H,3,8-11,15H2,1-2H3,(H,17,18)/i3D2,8D2,9D2,10D2,11D2. The molecule has 5 nitrogen and oxygen atoms in total. The van der Waals surface area contributed by atoms with Crippen molar-refractivity contribution in [2.75, 3.05) is 19.8 Å². The SMILES string of the molecule is [2H]C([2H])(C)c1ccc(C([2H])([2H])C([2H])([2H])C(N)(C([2H])([2H])O)C([2H])([2H])OP(C)(=O)O)cc1. The van der Waals surface area contributed by atoms with Gasteiger partial charge in [-0.25, -0.2) is 0 Å². The zero-order valence-corrected chi connectivity index (χ0v) is 11.9. The van der Waals surface area contributed by atoms with Crippen LogP contribution in [0.5, 0.6) is 0 Å². The molecule has 1 aromatic carbocycles. The van der Waals surface area contributed by atoms with E-state index in [1.54, 1.807) is 0 Å². The summed E-state index contributed by atoms with van der Waals surface area (Å²) in [5, 5.41) is 9.93. The highest BCUT2D eigenvalue weighted by Gasteiger charge is 2.27. The molecular weight excluding hydrogens is 277 g/mol. The summed E-state index contributed by atoms with van der Waals surface area (Å²) < 4.78 is 94.7. The lowest BCUT2D eigenvalue weighted by Gasteiger charge is -2.27. The Balaban J connectivity index is 3.69. The molecule has 1 aromatic rings. The van der Waals surface area contributed by atoms with E-state index in [2.05, 4.69) is 4.52 Å². The molecule has 6 heteroatoms. The highest BCUT2D eigenvalue weighted by atomic mass is 31.2. The van der Waals surface area contributed by atoms with E-state index in [4.69, 9.17) is 19.4 Å². The molecule has 20 heavy (non-hydrogen) atoms. The van der Waals surface area contributed by atoms with E-state index in [-0.39, 0.29) is 5.56 Å². The molecule has 0 aliphatic carbocycles. The van der Waals surface area contributed by atoms with Gasteiger partial charge in [0.25, 0.3) is 0 Å². The van der Waals surface area contributed by atoms with E-state index in [0.717, 1.165) is 24.3 Å². The zero-order valence-electron chi connectivity index (χ0n) is 21.0. The first kappa shape index (κ1) is 7.52. The van der Waals surface area contributed by atoms with Gasteiger partial charge in [-0.2, -0.15) is 0 Å². The molecule has 0 aromatic heterocycles. The molecule has 0 spiro atoms. The summed E-state index contributed by atoms with van der Waals surface area (Å²) in [4.78, 5) is 9.36. The minimum Gasteiger partial charge on any atom is -0.394 e. The Morgan fingerprint density at radius 3 is 2.40 bits per heavy atom. The van der Waals surface area contributed by atoms with Gasteiger partial charge in [0.15, 0.2) is 0 Å². The van der Waals surface area contributed by atoms with Crippen LogP contribution >= 0.6 is 7.60 Å². The molecule has 0 saturated heterocycles. The molecule has 0 fully saturated rings. The number of hydrogen-bond donors (Lipinski definition) is 3. The number of aliphatic hydroxyl groups is 1. The summed E-state index contributed by atoms with van der Waals surface area (Å²) in [6, 6.07) is 4.34. The fourth-order valence-corrected chi connectivity index (χ4v) is 1.44. The largest absolute Gasteiger partial charge is 0.394 e. The van der Waals surface area contributed by atoms with Crippen LogP contribution in [0.15, 0.2) is 24.3 Å². The van der Waals surface area contributed by atoms with Crippen molar-refractivity contribution in [3.8, 4) is 0 Å². The quantitative estimate of drug-likeness (QED) is 0.636. The first-order valence-corrected chi connectivity index (χ1v) is 7.57. The molecule has 114 valence electrons. The third kappa shape index (κ3) is 6.16. The average molecular weight is 311 g/mol. The van der Waals surface area contributed by atoms with Crippen LogP contribution in [-0.4, -0.2) is 35.3 Å². The van der Waals surface area contributed by atoms with Crippen LogP contribution in [0, 0.1) is 0 Å². The Morgan fingerprint density at radius 1 is 1.40 bits per heavy atom. The van der Waals surface area contributed by atoms with Gasteiger partial charge in [0, 0.05) is 14.9 Å². The van der Waals surface area contributed by atoms with Crippen LogP contribution in [0.4, 0.5) is 0 Å². The molecule has 0 radical (unpaired) electrons. The second kappa shape index (κ2) is 7.34. The number of benzene rings is 1. The van der Waals surface area contributed by atoms with E-state index >= 15 is 0 Å². The highest BCUT2D eigenvalue weighted by molar-refractivity contribution is 7.51. The molecule has 2 atom stereocenters.